The molecule has 0 aliphatic carbocycles. The first-order valence-electron chi connectivity index (χ1n) is 6.09. The molecular formula is C12H26N2O2. The average Bonchev–Trinajstić information content (AvgIpc) is 2.23. The van der Waals surface area contributed by atoms with E-state index in [1.165, 1.54) is 0 Å². The van der Waals surface area contributed by atoms with Crippen LogP contribution in [0.15, 0.2) is 0 Å². The Balaban J connectivity index is 4.76. The van der Waals surface area contributed by atoms with Crippen molar-refractivity contribution in [3.63, 3.8) is 0 Å². The summed E-state index contributed by atoms with van der Waals surface area (Å²) in [4.78, 5) is 13.7. The van der Waals surface area contributed by atoms with E-state index < -0.39 is 0 Å². The number of hydrogen-bond donors (Lipinski definition) is 1. The minimum atomic E-state index is -0.304. The number of carbonyl (C=O) groups excluding carboxylic acids is 1. The molecule has 4 nitrogen and oxygen atoms in total. The van der Waals surface area contributed by atoms with Gasteiger partial charge in [0.2, 0.25) is 0 Å². The summed E-state index contributed by atoms with van der Waals surface area (Å²) in [7, 11) is 0. The molecule has 0 spiro atoms. The van der Waals surface area contributed by atoms with Crippen LogP contribution in [0.25, 0.3) is 0 Å². The van der Waals surface area contributed by atoms with Crippen LogP contribution in [0.3, 0.4) is 0 Å². The minimum absolute atomic E-state index is 0.0919. The predicted molar refractivity (Wildman–Crippen MR) is 66.4 cm³/mol. The predicted octanol–water partition coefficient (Wildman–Crippen LogP) is 2.37. The summed E-state index contributed by atoms with van der Waals surface area (Å²) in [6.45, 7) is 10.9. The van der Waals surface area contributed by atoms with E-state index in [-0.39, 0.29) is 17.7 Å². The van der Waals surface area contributed by atoms with E-state index in [9.17, 15) is 4.79 Å². The maximum atomic E-state index is 12.0. The number of nitrogens with zero attached hydrogens (tertiary/aromatic N) is 1. The lowest BCUT2D eigenvalue weighted by atomic mass is 9.97. The molecular weight excluding hydrogens is 204 g/mol. The number of carbonyl (C=O) groups is 1. The lowest BCUT2D eigenvalue weighted by Gasteiger charge is -2.39. The number of amides is 1. The minimum Gasteiger partial charge on any atom is -0.447 e. The molecule has 0 aliphatic heterocycles. The van der Waals surface area contributed by atoms with E-state index in [1.54, 1.807) is 4.90 Å². The third kappa shape index (κ3) is 4.00. The van der Waals surface area contributed by atoms with E-state index in [4.69, 9.17) is 10.5 Å². The van der Waals surface area contributed by atoms with Gasteiger partial charge in [-0.1, -0.05) is 13.8 Å². The number of hydrogen-bond acceptors (Lipinski definition) is 3. The molecule has 0 rings (SSSR count). The van der Waals surface area contributed by atoms with Crippen LogP contribution >= 0.6 is 0 Å². The van der Waals surface area contributed by atoms with Gasteiger partial charge < -0.3 is 15.4 Å². The molecule has 0 fully saturated rings. The van der Waals surface area contributed by atoms with Crippen LogP contribution in [0.1, 0.15) is 47.5 Å². The quantitative estimate of drug-likeness (QED) is 0.762. The Labute approximate surface area is 99.1 Å². The molecule has 0 aromatic heterocycles. The molecule has 0 heterocycles. The molecule has 0 aromatic rings. The van der Waals surface area contributed by atoms with Gasteiger partial charge in [0.05, 0.1) is 11.6 Å². The molecule has 1 atom stereocenters. The first-order chi connectivity index (χ1) is 7.41. The highest BCUT2D eigenvalue weighted by Gasteiger charge is 2.33. The van der Waals surface area contributed by atoms with Crippen LogP contribution in [0.2, 0.25) is 0 Å². The van der Waals surface area contributed by atoms with Gasteiger partial charge in [-0.25, -0.2) is 4.79 Å². The lowest BCUT2D eigenvalue weighted by Crippen LogP contribution is -2.54. The van der Waals surface area contributed by atoms with Crippen LogP contribution < -0.4 is 5.73 Å². The number of nitrogens with two attached hydrogens (primary N) is 1. The molecule has 0 radical (unpaired) electrons. The summed E-state index contributed by atoms with van der Waals surface area (Å²) in [6, 6.07) is 0. The van der Waals surface area contributed by atoms with Crippen LogP contribution in [0.5, 0.6) is 0 Å². The summed E-state index contributed by atoms with van der Waals surface area (Å²) in [5, 5.41) is 0. The van der Waals surface area contributed by atoms with Gasteiger partial charge in [-0.3, -0.25) is 0 Å². The van der Waals surface area contributed by atoms with E-state index in [0.29, 0.717) is 13.1 Å². The molecule has 1 amide bonds. The fourth-order valence-electron chi connectivity index (χ4n) is 1.52. The van der Waals surface area contributed by atoms with Crippen LogP contribution in [-0.2, 0) is 4.74 Å². The van der Waals surface area contributed by atoms with Crippen LogP contribution in [-0.4, -0.2) is 35.7 Å². The van der Waals surface area contributed by atoms with E-state index in [1.807, 2.05) is 34.6 Å². The summed E-state index contributed by atoms with van der Waals surface area (Å²) in [5.41, 5.74) is 5.46. The second kappa shape index (κ2) is 6.74. The van der Waals surface area contributed by atoms with Gasteiger partial charge in [0.15, 0.2) is 0 Å². The highest BCUT2D eigenvalue weighted by Crippen LogP contribution is 2.20. The number of rotatable bonds is 6. The standard InChI is InChI=1S/C12H26N2O2/c1-6-8-14(11(15)16-10(3)4)12(5,7-2)9-13/h10H,6-9,13H2,1-5H3. The van der Waals surface area contributed by atoms with Crippen molar-refractivity contribution in [1.82, 2.24) is 4.90 Å². The van der Waals surface area contributed by atoms with Gasteiger partial charge in [-0.05, 0) is 33.6 Å². The third-order valence-corrected chi connectivity index (χ3v) is 2.86. The Morgan fingerprint density at radius 3 is 2.31 bits per heavy atom. The molecule has 0 aliphatic rings. The molecule has 16 heavy (non-hydrogen) atoms. The third-order valence-electron chi connectivity index (χ3n) is 2.86. The molecule has 0 saturated heterocycles. The Kier molecular flexibility index (Phi) is 6.41. The van der Waals surface area contributed by atoms with Crippen molar-refractivity contribution in [1.29, 1.82) is 0 Å². The SMILES string of the molecule is CCCN(C(=O)OC(C)C)C(C)(CC)CN. The Morgan fingerprint density at radius 2 is 2.00 bits per heavy atom. The van der Waals surface area contributed by atoms with Gasteiger partial charge >= 0.3 is 6.09 Å². The lowest BCUT2D eigenvalue weighted by molar-refractivity contribution is 0.0387. The zero-order valence-electron chi connectivity index (χ0n) is 11.2. The van der Waals surface area contributed by atoms with Crippen LogP contribution in [0, 0.1) is 0 Å². The van der Waals surface area contributed by atoms with Gasteiger partial charge in [0, 0.05) is 13.1 Å². The van der Waals surface area contributed by atoms with Gasteiger partial charge in [0.25, 0.3) is 0 Å². The maximum absolute atomic E-state index is 12.0. The Morgan fingerprint density at radius 1 is 1.44 bits per heavy atom. The van der Waals surface area contributed by atoms with Crippen molar-refractivity contribution in [3.05, 3.63) is 0 Å². The second-order valence-electron chi connectivity index (χ2n) is 4.64. The monoisotopic (exact) mass is 230 g/mol. The zero-order chi connectivity index (χ0) is 12.8. The fraction of sp³-hybridized carbons (Fsp3) is 0.917. The van der Waals surface area contributed by atoms with Gasteiger partial charge in [0.1, 0.15) is 0 Å². The van der Waals surface area contributed by atoms with E-state index in [0.717, 1.165) is 12.8 Å². The first kappa shape index (κ1) is 15.2. The highest BCUT2D eigenvalue weighted by atomic mass is 16.6. The Bertz CT molecular complexity index is 213. The van der Waals surface area contributed by atoms with Crippen molar-refractivity contribution in [2.75, 3.05) is 13.1 Å². The van der Waals surface area contributed by atoms with Crippen molar-refractivity contribution in [3.8, 4) is 0 Å². The molecule has 0 bridgehead atoms. The smallest absolute Gasteiger partial charge is 0.410 e. The fourth-order valence-corrected chi connectivity index (χ4v) is 1.52. The first-order valence-corrected chi connectivity index (χ1v) is 6.09. The molecule has 1 unspecified atom stereocenters. The summed E-state index contributed by atoms with van der Waals surface area (Å²) >= 11 is 0. The molecule has 4 heteroatoms. The highest BCUT2D eigenvalue weighted by molar-refractivity contribution is 5.68. The summed E-state index contributed by atoms with van der Waals surface area (Å²) in [6.07, 6.45) is 1.39. The molecule has 96 valence electrons. The average molecular weight is 230 g/mol. The van der Waals surface area contributed by atoms with Crippen molar-refractivity contribution in [2.45, 2.75) is 59.1 Å². The maximum Gasteiger partial charge on any atom is 0.410 e. The number of ether oxygens (including phenoxy) is 1. The molecule has 0 aromatic carbocycles. The second-order valence-corrected chi connectivity index (χ2v) is 4.64. The Hall–Kier alpha value is -0.770. The largest absolute Gasteiger partial charge is 0.447 e. The summed E-state index contributed by atoms with van der Waals surface area (Å²) < 4.78 is 5.25. The zero-order valence-corrected chi connectivity index (χ0v) is 11.2. The van der Waals surface area contributed by atoms with E-state index >= 15 is 0 Å². The molecule has 2 N–H and O–H groups in total. The van der Waals surface area contributed by atoms with Crippen molar-refractivity contribution in [2.24, 2.45) is 5.73 Å². The van der Waals surface area contributed by atoms with Crippen molar-refractivity contribution >= 4 is 6.09 Å². The van der Waals surface area contributed by atoms with Gasteiger partial charge in [-0.15, -0.1) is 0 Å². The van der Waals surface area contributed by atoms with Gasteiger partial charge in [-0.2, -0.15) is 0 Å². The van der Waals surface area contributed by atoms with Crippen molar-refractivity contribution < 1.29 is 9.53 Å². The summed E-state index contributed by atoms with van der Waals surface area (Å²) in [5.74, 6) is 0. The topological polar surface area (TPSA) is 55.6 Å². The normalized spacial score (nSPS) is 14.7. The van der Waals surface area contributed by atoms with Crippen LogP contribution in [0.4, 0.5) is 4.79 Å². The van der Waals surface area contributed by atoms with E-state index in [2.05, 4.69) is 0 Å². The molecule has 0 saturated carbocycles.